The molecule has 0 saturated carbocycles. The Hall–Kier alpha value is -1.81. The predicted molar refractivity (Wildman–Crippen MR) is 90.5 cm³/mol. The Morgan fingerprint density at radius 2 is 1.82 bits per heavy atom. The molecule has 0 N–H and O–H groups in total. The molecule has 0 aromatic heterocycles. The number of rotatable bonds is 5. The van der Waals surface area contributed by atoms with Gasteiger partial charge in [0, 0.05) is 4.47 Å². The third kappa shape index (κ3) is 4.60. The number of hydrogen-bond acceptors (Lipinski definition) is 3. The van der Waals surface area contributed by atoms with Gasteiger partial charge in [-0.15, -0.1) is 0 Å². The lowest BCUT2D eigenvalue weighted by Crippen LogP contribution is -2.18. The van der Waals surface area contributed by atoms with Gasteiger partial charge in [0.1, 0.15) is 11.5 Å². The third-order valence-corrected chi connectivity index (χ3v) is 3.75. The van der Waals surface area contributed by atoms with Crippen LogP contribution in [0.3, 0.4) is 0 Å². The van der Waals surface area contributed by atoms with Crippen molar-refractivity contribution in [3.05, 3.63) is 58.1 Å². The minimum Gasteiger partial charge on any atom is -0.482 e. The standard InChI is InChI=1S/C18H19BrO3/c1-12(2)14-4-7-16(8-5-14)22-18(20)11-21-17-9-6-15(19)10-13(17)3/h4-10,12H,11H2,1-3H3. The van der Waals surface area contributed by atoms with Crippen LogP contribution < -0.4 is 9.47 Å². The summed E-state index contributed by atoms with van der Waals surface area (Å²) in [6.45, 7) is 6.05. The fourth-order valence-electron chi connectivity index (χ4n) is 1.99. The third-order valence-electron chi connectivity index (χ3n) is 3.26. The van der Waals surface area contributed by atoms with Crippen LogP contribution in [0.4, 0.5) is 0 Å². The van der Waals surface area contributed by atoms with Crippen LogP contribution in [0.5, 0.6) is 11.5 Å². The average Bonchev–Trinajstić information content (AvgIpc) is 2.47. The van der Waals surface area contributed by atoms with Gasteiger partial charge in [0.05, 0.1) is 0 Å². The van der Waals surface area contributed by atoms with E-state index in [0.29, 0.717) is 17.4 Å². The van der Waals surface area contributed by atoms with Gasteiger partial charge in [0.15, 0.2) is 6.61 Å². The molecule has 2 rings (SSSR count). The van der Waals surface area contributed by atoms with Crippen molar-refractivity contribution in [2.45, 2.75) is 26.7 Å². The van der Waals surface area contributed by atoms with Gasteiger partial charge in [-0.3, -0.25) is 0 Å². The van der Waals surface area contributed by atoms with Crippen LogP contribution in [0.2, 0.25) is 0 Å². The molecule has 0 radical (unpaired) electrons. The molecule has 0 fully saturated rings. The van der Waals surface area contributed by atoms with Crippen molar-refractivity contribution >= 4 is 21.9 Å². The molecule has 3 nitrogen and oxygen atoms in total. The van der Waals surface area contributed by atoms with Gasteiger partial charge in [-0.25, -0.2) is 4.79 Å². The molecule has 4 heteroatoms. The van der Waals surface area contributed by atoms with Crippen LogP contribution >= 0.6 is 15.9 Å². The quantitative estimate of drug-likeness (QED) is 0.562. The number of esters is 1. The van der Waals surface area contributed by atoms with E-state index in [4.69, 9.17) is 9.47 Å². The smallest absolute Gasteiger partial charge is 0.349 e. The molecule has 0 unspecified atom stereocenters. The number of benzene rings is 2. The summed E-state index contributed by atoms with van der Waals surface area (Å²) in [5.74, 6) is 1.24. The molecule has 2 aromatic rings. The van der Waals surface area contributed by atoms with E-state index in [0.717, 1.165) is 10.0 Å². The molecule has 0 atom stereocenters. The molecule has 0 aliphatic heterocycles. The molecular formula is C18H19BrO3. The largest absolute Gasteiger partial charge is 0.482 e. The van der Waals surface area contributed by atoms with E-state index in [9.17, 15) is 4.79 Å². The van der Waals surface area contributed by atoms with Gasteiger partial charge >= 0.3 is 5.97 Å². The van der Waals surface area contributed by atoms with Crippen molar-refractivity contribution in [3.8, 4) is 11.5 Å². The first kappa shape index (κ1) is 16.6. The predicted octanol–water partition coefficient (Wildman–Crippen LogP) is 4.87. The Morgan fingerprint density at radius 3 is 2.41 bits per heavy atom. The highest BCUT2D eigenvalue weighted by Crippen LogP contribution is 2.22. The van der Waals surface area contributed by atoms with E-state index >= 15 is 0 Å². The van der Waals surface area contributed by atoms with Gasteiger partial charge in [0.25, 0.3) is 0 Å². The average molecular weight is 363 g/mol. The van der Waals surface area contributed by atoms with Gasteiger partial charge < -0.3 is 9.47 Å². The molecule has 2 aromatic carbocycles. The van der Waals surface area contributed by atoms with Crippen LogP contribution in [0.25, 0.3) is 0 Å². The van der Waals surface area contributed by atoms with Crippen LogP contribution in [0, 0.1) is 6.92 Å². The summed E-state index contributed by atoms with van der Waals surface area (Å²) in [6.07, 6.45) is 0. The monoisotopic (exact) mass is 362 g/mol. The minimum atomic E-state index is -0.417. The molecule has 0 saturated heterocycles. The van der Waals surface area contributed by atoms with Crippen molar-refractivity contribution in [2.24, 2.45) is 0 Å². The molecule has 0 aliphatic carbocycles. The SMILES string of the molecule is Cc1cc(Br)ccc1OCC(=O)Oc1ccc(C(C)C)cc1. The molecule has 22 heavy (non-hydrogen) atoms. The zero-order valence-electron chi connectivity index (χ0n) is 12.9. The summed E-state index contributed by atoms with van der Waals surface area (Å²) in [5.41, 5.74) is 2.17. The Morgan fingerprint density at radius 1 is 1.14 bits per heavy atom. The van der Waals surface area contributed by atoms with Gasteiger partial charge in [-0.05, 0) is 54.3 Å². The number of aryl methyl sites for hydroxylation is 1. The zero-order chi connectivity index (χ0) is 16.1. The fourth-order valence-corrected chi connectivity index (χ4v) is 2.47. The lowest BCUT2D eigenvalue weighted by molar-refractivity contribution is -0.136. The summed E-state index contributed by atoms with van der Waals surface area (Å²) in [6, 6.07) is 13.2. The maximum atomic E-state index is 11.8. The van der Waals surface area contributed by atoms with E-state index in [1.54, 1.807) is 12.1 Å². The van der Waals surface area contributed by atoms with Gasteiger partial charge in [-0.2, -0.15) is 0 Å². The van der Waals surface area contributed by atoms with Crippen molar-refractivity contribution in [1.29, 1.82) is 0 Å². The molecular weight excluding hydrogens is 344 g/mol. The van der Waals surface area contributed by atoms with Crippen molar-refractivity contribution in [3.63, 3.8) is 0 Å². The van der Waals surface area contributed by atoms with Crippen LogP contribution in [0.15, 0.2) is 46.9 Å². The number of halogens is 1. The molecule has 0 amide bonds. The number of hydrogen-bond donors (Lipinski definition) is 0. The Labute approximate surface area is 139 Å². The second-order valence-electron chi connectivity index (χ2n) is 5.40. The summed E-state index contributed by atoms with van der Waals surface area (Å²) >= 11 is 3.39. The summed E-state index contributed by atoms with van der Waals surface area (Å²) in [7, 11) is 0. The maximum absolute atomic E-state index is 11.8. The number of ether oxygens (including phenoxy) is 2. The maximum Gasteiger partial charge on any atom is 0.349 e. The van der Waals surface area contributed by atoms with Crippen LogP contribution in [-0.2, 0) is 4.79 Å². The van der Waals surface area contributed by atoms with Crippen LogP contribution in [-0.4, -0.2) is 12.6 Å². The minimum absolute atomic E-state index is 0.117. The van der Waals surface area contributed by atoms with Gasteiger partial charge in [-0.1, -0.05) is 41.9 Å². The Balaban J connectivity index is 1.90. The highest BCUT2D eigenvalue weighted by Gasteiger charge is 2.08. The summed E-state index contributed by atoms with van der Waals surface area (Å²) < 4.78 is 11.7. The molecule has 0 aliphatic rings. The van der Waals surface area contributed by atoms with Crippen molar-refractivity contribution < 1.29 is 14.3 Å². The molecule has 0 spiro atoms. The Kier molecular flexibility index (Phi) is 5.61. The summed E-state index contributed by atoms with van der Waals surface area (Å²) in [5, 5.41) is 0. The normalized spacial score (nSPS) is 10.6. The molecule has 0 heterocycles. The lowest BCUT2D eigenvalue weighted by atomic mass is 10.0. The first-order valence-electron chi connectivity index (χ1n) is 7.15. The summed E-state index contributed by atoms with van der Waals surface area (Å²) in [4.78, 5) is 11.8. The van der Waals surface area contributed by atoms with Gasteiger partial charge in [0.2, 0.25) is 0 Å². The topological polar surface area (TPSA) is 35.5 Å². The number of carbonyl (C=O) groups is 1. The fraction of sp³-hybridized carbons (Fsp3) is 0.278. The highest BCUT2D eigenvalue weighted by atomic mass is 79.9. The van der Waals surface area contributed by atoms with E-state index < -0.39 is 5.97 Å². The number of carbonyl (C=O) groups excluding carboxylic acids is 1. The second-order valence-corrected chi connectivity index (χ2v) is 6.31. The highest BCUT2D eigenvalue weighted by molar-refractivity contribution is 9.10. The first-order valence-corrected chi connectivity index (χ1v) is 7.94. The first-order chi connectivity index (χ1) is 10.5. The molecule has 0 bridgehead atoms. The molecule has 116 valence electrons. The zero-order valence-corrected chi connectivity index (χ0v) is 14.5. The van der Waals surface area contributed by atoms with Crippen LogP contribution in [0.1, 0.15) is 30.9 Å². The van der Waals surface area contributed by atoms with E-state index in [2.05, 4.69) is 29.8 Å². The van der Waals surface area contributed by atoms with Crippen molar-refractivity contribution in [1.82, 2.24) is 0 Å². The van der Waals surface area contributed by atoms with Crippen molar-refractivity contribution in [2.75, 3.05) is 6.61 Å². The second kappa shape index (κ2) is 7.45. The van der Waals surface area contributed by atoms with E-state index in [1.165, 1.54) is 5.56 Å². The van der Waals surface area contributed by atoms with E-state index in [-0.39, 0.29) is 6.61 Å². The van der Waals surface area contributed by atoms with E-state index in [1.807, 2.05) is 37.3 Å². The lowest BCUT2D eigenvalue weighted by Gasteiger charge is -2.10. The Bertz CT molecular complexity index is 648.